The van der Waals surface area contributed by atoms with Crippen LogP contribution in [-0.2, 0) is 11.4 Å². The number of aromatic nitrogens is 1. The summed E-state index contributed by atoms with van der Waals surface area (Å²) in [6.45, 7) is 12.3. The van der Waals surface area contributed by atoms with Gasteiger partial charge in [-0.2, -0.15) is 0 Å². The van der Waals surface area contributed by atoms with Gasteiger partial charge in [-0.3, -0.25) is 4.79 Å². The number of aryl methyl sites for hydroxylation is 2. The van der Waals surface area contributed by atoms with E-state index in [4.69, 9.17) is 4.84 Å². The lowest BCUT2D eigenvalue weighted by Gasteiger charge is -2.06. The minimum absolute atomic E-state index is 0.0427. The third kappa shape index (κ3) is 3.77. The number of carbonyl (C=O) groups excluding carboxylic acids is 1. The van der Waals surface area contributed by atoms with E-state index in [-0.39, 0.29) is 5.78 Å². The van der Waals surface area contributed by atoms with E-state index in [2.05, 4.69) is 41.4 Å². The van der Waals surface area contributed by atoms with E-state index in [1.165, 1.54) is 0 Å². The van der Waals surface area contributed by atoms with Gasteiger partial charge >= 0.3 is 0 Å². The summed E-state index contributed by atoms with van der Waals surface area (Å²) < 4.78 is 2.27. The minimum atomic E-state index is 0.0427. The maximum absolute atomic E-state index is 13.2. The molecule has 0 aliphatic heterocycles. The molecule has 0 spiro atoms. The maximum Gasteiger partial charge on any atom is 0.193 e. The first kappa shape index (κ1) is 20.6. The molecule has 31 heavy (non-hydrogen) atoms. The monoisotopic (exact) mass is 410 g/mol. The second-order valence-corrected chi connectivity index (χ2v) is 7.82. The Morgan fingerprint density at radius 2 is 1.58 bits per heavy atom. The van der Waals surface area contributed by atoms with Gasteiger partial charge in [0.05, 0.1) is 5.71 Å². The molecule has 0 aliphatic carbocycles. The number of ketones is 1. The molecule has 0 saturated carbocycles. The first-order valence-corrected chi connectivity index (χ1v) is 10.4. The molecule has 0 saturated heterocycles. The molecule has 0 fully saturated rings. The van der Waals surface area contributed by atoms with Crippen molar-refractivity contribution in [3.63, 3.8) is 0 Å². The van der Waals surface area contributed by atoms with Crippen LogP contribution in [0.15, 0.2) is 78.2 Å². The molecular formula is C27H26N2O2. The molecule has 0 aliphatic rings. The molecular weight excluding hydrogens is 384 g/mol. The fourth-order valence-electron chi connectivity index (χ4n) is 3.99. The van der Waals surface area contributed by atoms with Crippen molar-refractivity contribution in [2.24, 2.45) is 5.16 Å². The Morgan fingerprint density at radius 3 is 2.19 bits per heavy atom. The van der Waals surface area contributed by atoms with E-state index < -0.39 is 0 Å². The number of benzene rings is 3. The average Bonchev–Trinajstić information content (AvgIpc) is 3.09. The molecule has 4 rings (SSSR count). The number of hydrogen-bond donors (Lipinski definition) is 0. The largest absolute Gasteiger partial charge is 0.362 e. The van der Waals surface area contributed by atoms with E-state index in [1.54, 1.807) is 6.92 Å². The lowest BCUT2D eigenvalue weighted by Crippen LogP contribution is -2.03. The number of fused-ring (bicyclic) bond motifs is 3. The zero-order chi connectivity index (χ0) is 22.1. The lowest BCUT2D eigenvalue weighted by atomic mass is 9.97. The highest BCUT2D eigenvalue weighted by atomic mass is 16.6. The molecule has 0 radical (unpaired) electrons. The smallest absolute Gasteiger partial charge is 0.193 e. The molecule has 1 heterocycles. The third-order valence-electron chi connectivity index (χ3n) is 5.59. The molecule has 0 N–H and O–H groups in total. The quantitative estimate of drug-likeness (QED) is 0.155. The van der Waals surface area contributed by atoms with Gasteiger partial charge in [-0.15, -0.1) is 0 Å². The zero-order valence-corrected chi connectivity index (χ0v) is 18.4. The Morgan fingerprint density at radius 1 is 0.968 bits per heavy atom. The van der Waals surface area contributed by atoms with E-state index in [9.17, 15) is 4.79 Å². The zero-order valence-electron chi connectivity index (χ0n) is 18.4. The Balaban J connectivity index is 1.89. The van der Waals surface area contributed by atoms with Crippen LogP contribution in [0.3, 0.4) is 0 Å². The Kier molecular flexibility index (Phi) is 5.47. The van der Waals surface area contributed by atoms with E-state index in [0.717, 1.165) is 50.8 Å². The van der Waals surface area contributed by atoms with E-state index in [1.807, 2.05) is 56.3 Å². The third-order valence-corrected chi connectivity index (χ3v) is 5.59. The predicted octanol–water partition coefficient (Wildman–Crippen LogP) is 6.63. The van der Waals surface area contributed by atoms with Crippen LogP contribution in [0.4, 0.5) is 0 Å². The summed E-state index contributed by atoms with van der Waals surface area (Å²) in [5.41, 5.74) is 6.41. The van der Waals surface area contributed by atoms with Crippen molar-refractivity contribution in [1.29, 1.82) is 0 Å². The molecule has 4 nitrogen and oxygen atoms in total. The lowest BCUT2D eigenvalue weighted by molar-refractivity contribution is 0.103. The minimum Gasteiger partial charge on any atom is -0.362 e. The van der Waals surface area contributed by atoms with Gasteiger partial charge in [0.1, 0.15) is 5.76 Å². The van der Waals surface area contributed by atoms with Crippen LogP contribution in [0.5, 0.6) is 0 Å². The molecule has 0 amide bonds. The Labute approximate surface area is 182 Å². The van der Waals surface area contributed by atoms with Crippen molar-refractivity contribution in [2.45, 2.75) is 34.2 Å². The van der Waals surface area contributed by atoms with Crippen LogP contribution in [0.2, 0.25) is 0 Å². The molecule has 0 unspecified atom stereocenters. The maximum atomic E-state index is 13.2. The Hall–Kier alpha value is -3.66. The molecule has 0 atom stereocenters. The van der Waals surface area contributed by atoms with Crippen molar-refractivity contribution in [3.8, 4) is 0 Å². The number of hydrogen-bond acceptors (Lipinski definition) is 3. The SMILES string of the molecule is C=C(C)O/N=C(\C)c1ccc2c(c1)c1cc(C(=O)c3ccccc3C)ccc1n2CC. The molecule has 3 aromatic carbocycles. The summed E-state index contributed by atoms with van der Waals surface area (Å²) in [6.07, 6.45) is 0. The fourth-order valence-corrected chi connectivity index (χ4v) is 3.99. The van der Waals surface area contributed by atoms with Crippen LogP contribution >= 0.6 is 0 Å². The normalized spacial score (nSPS) is 11.8. The summed E-state index contributed by atoms with van der Waals surface area (Å²) >= 11 is 0. The van der Waals surface area contributed by atoms with Gasteiger partial charge in [0.15, 0.2) is 5.78 Å². The molecule has 1 aromatic heterocycles. The van der Waals surface area contributed by atoms with Crippen LogP contribution in [0, 0.1) is 6.92 Å². The van der Waals surface area contributed by atoms with Crippen molar-refractivity contribution < 1.29 is 9.63 Å². The number of nitrogens with zero attached hydrogens (tertiary/aromatic N) is 2. The van der Waals surface area contributed by atoms with E-state index >= 15 is 0 Å². The number of carbonyl (C=O) groups is 1. The van der Waals surface area contributed by atoms with Gasteiger partial charge in [-0.05, 0) is 69.2 Å². The second-order valence-electron chi connectivity index (χ2n) is 7.82. The van der Waals surface area contributed by atoms with Crippen LogP contribution < -0.4 is 0 Å². The van der Waals surface area contributed by atoms with Crippen LogP contribution in [0.25, 0.3) is 21.8 Å². The van der Waals surface area contributed by atoms with Crippen molar-refractivity contribution in [1.82, 2.24) is 4.57 Å². The van der Waals surface area contributed by atoms with Gasteiger partial charge in [0.2, 0.25) is 0 Å². The van der Waals surface area contributed by atoms with Gasteiger partial charge in [-0.25, -0.2) is 0 Å². The standard InChI is InChI=1S/C27H26N2O2/c1-6-29-25-13-11-20(19(5)28-31-17(2)3)15-23(25)24-16-21(12-14-26(24)29)27(30)22-10-8-7-9-18(22)4/h7-16H,2,6H2,1,3-5H3/b28-19+. The first-order valence-electron chi connectivity index (χ1n) is 10.4. The van der Waals surface area contributed by atoms with Crippen molar-refractivity contribution in [2.75, 3.05) is 0 Å². The summed E-state index contributed by atoms with van der Waals surface area (Å²) in [5, 5.41) is 6.32. The summed E-state index contributed by atoms with van der Waals surface area (Å²) in [7, 11) is 0. The molecule has 4 heteroatoms. The molecule has 4 aromatic rings. The summed E-state index contributed by atoms with van der Waals surface area (Å²) in [6, 6.07) is 20.0. The van der Waals surface area contributed by atoms with Gasteiger partial charge in [0.25, 0.3) is 0 Å². The topological polar surface area (TPSA) is 43.6 Å². The van der Waals surface area contributed by atoms with Gasteiger partial charge < -0.3 is 9.40 Å². The average molecular weight is 411 g/mol. The van der Waals surface area contributed by atoms with Gasteiger partial charge in [0, 0.05) is 39.5 Å². The molecule has 0 bridgehead atoms. The first-order chi connectivity index (χ1) is 14.9. The number of allylic oxidation sites excluding steroid dienone is 1. The van der Waals surface area contributed by atoms with Gasteiger partial charge in [-0.1, -0.05) is 42.1 Å². The highest BCUT2D eigenvalue weighted by Crippen LogP contribution is 2.31. The predicted molar refractivity (Wildman–Crippen MR) is 128 cm³/mol. The highest BCUT2D eigenvalue weighted by Gasteiger charge is 2.16. The summed E-state index contributed by atoms with van der Waals surface area (Å²) in [4.78, 5) is 18.4. The number of oxime groups is 1. The van der Waals surface area contributed by atoms with Crippen LogP contribution in [-0.4, -0.2) is 16.1 Å². The Bertz CT molecular complexity index is 1360. The van der Waals surface area contributed by atoms with Crippen molar-refractivity contribution >= 4 is 33.3 Å². The van der Waals surface area contributed by atoms with Crippen LogP contribution in [0.1, 0.15) is 47.8 Å². The number of rotatable bonds is 6. The van der Waals surface area contributed by atoms with Crippen molar-refractivity contribution in [3.05, 3.63) is 95.3 Å². The van der Waals surface area contributed by atoms with E-state index in [0.29, 0.717) is 11.3 Å². The second kappa shape index (κ2) is 8.23. The summed E-state index contributed by atoms with van der Waals surface area (Å²) in [5.74, 6) is 0.587. The highest BCUT2D eigenvalue weighted by molar-refractivity contribution is 6.16. The fraction of sp³-hybridized carbons (Fsp3) is 0.185. The molecule has 156 valence electrons.